The molecule has 0 radical (unpaired) electrons. The van der Waals surface area contributed by atoms with Crippen LogP contribution < -0.4 is 5.56 Å². The fourth-order valence-electron chi connectivity index (χ4n) is 2.94. The average Bonchev–Trinajstić information content (AvgIpc) is 3.03. The van der Waals surface area contributed by atoms with Gasteiger partial charge in [0.2, 0.25) is 0 Å². The molecule has 0 aliphatic heterocycles. The van der Waals surface area contributed by atoms with Crippen molar-refractivity contribution in [2.24, 2.45) is 5.10 Å². The molecule has 2 aromatic heterocycles. The molecule has 0 atom stereocenters. The summed E-state index contributed by atoms with van der Waals surface area (Å²) in [6.07, 6.45) is 2.72. The summed E-state index contributed by atoms with van der Waals surface area (Å²) in [5.41, 5.74) is 1.94. The number of rotatable bonds is 3. The highest BCUT2D eigenvalue weighted by molar-refractivity contribution is 7.19. The van der Waals surface area contributed by atoms with E-state index in [1.54, 1.807) is 0 Å². The van der Waals surface area contributed by atoms with Crippen LogP contribution in [0.1, 0.15) is 10.4 Å². The first-order valence-electron chi connectivity index (χ1n) is 8.27. The second kappa shape index (κ2) is 7.10. The van der Waals surface area contributed by atoms with Crippen LogP contribution in [0, 0.1) is 6.92 Å². The van der Waals surface area contributed by atoms with Crippen molar-refractivity contribution in [2.45, 2.75) is 6.92 Å². The smallest absolute Gasteiger partial charge is 0.283 e. The van der Waals surface area contributed by atoms with Crippen molar-refractivity contribution in [3.05, 3.63) is 74.6 Å². The lowest BCUT2D eigenvalue weighted by Crippen LogP contribution is -2.16. The maximum Gasteiger partial charge on any atom is 0.283 e. The number of phenolic OH excluding ortho intramolecular Hbond substituents is 2. The van der Waals surface area contributed by atoms with E-state index in [-0.39, 0.29) is 16.3 Å². The number of phenols is 2. The Balaban J connectivity index is 1.84. The molecule has 4 aromatic rings. The Morgan fingerprint density at radius 1 is 1.21 bits per heavy atom. The first-order valence-corrected chi connectivity index (χ1v) is 9.47. The van der Waals surface area contributed by atoms with Crippen LogP contribution in [-0.4, -0.2) is 26.1 Å². The number of aromatic nitrogens is 2. The molecule has 6 nitrogen and oxygen atoms in total. The van der Waals surface area contributed by atoms with Crippen LogP contribution in [-0.2, 0) is 0 Å². The molecule has 0 aliphatic rings. The SMILES string of the molecule is Cc1sc2ncn(/N=C/c3cc(O)c(O)c(Cl)c3)c(=O)c2c1-c1ccccc1. The maximum atomic E-state index is 13.0. The van der Waals surface area contributed by atoms with Crippen molar-refractivity contribution in [1.29, 1.82) is 0 Å². The molecule has 0 bridgehead atoms. The number of hydrogen-bond donors (Lipinski definition) is 2. The number of benzene rings is 2. The molecular weight excluding hydrogens is 398 g/mol. The predicted octanol–water partition coefficient (Wildman–Crippen LogP) is 4.38. The second-order valence-electron chi connectivity index (χ2n) is 6.09. The Bertz CT molecular complexity index is 1260. The van der Waals surface area contributed by atoms with Crippen LogP contribution in [0.2, 0.25) is 5.02 Å². The van der Waals surface area contributed by atoms with Gasteiger partial charge in [0.15, 0.2) is 11.5 Å². The standard InChI is InChI=1S/C20H14ClN3O3S/c1-11-16(13-5-3-2-4-6-13)17-19(28-11)22-10-24(20(17)27)23-9-12-7-14(21)18(26)15(25)8-12/h2-10,25-26H,1H3/b23-9+. The Kier molecular flexibility index (Phi) is 4.62. The topological polar surface area (TPSA) is 87.7 Å². The third-order valence-corrected chi connectivity index (χ3v) is 5.53. The third-order valence-electron chi connectivity index (χ3n) is 4.23. The molecule has 0 amide bonds. The van der Waals surface area contributed by atoms with E-state index in [4.69, 9.17) is 11.6 Å². The summed E-state index contributed by atoms with van der Waals surface area (Å²) in [4.78, 5) is 19.1. The number of halogens is 1. The molecule has 8 heteroatoms. The summed E-state index contributed by atoms with van der Waals surface area (Å²) >= 11 is 7.31. The maximum absolute atomic E-state index is 13.0. The zero-order chi connectivity index (χ0) is 19.8. The Labute approximate surface area is 168 Å². The van der Waals surface area contributed by atoms with E-state index >= 15 is 0 Å². The van der Waals surface area contributed by atoms with Gasteiger partial charge in [0.05, 0.1) is 16.6 Å². The van der Waals surface area contributed by atoms with Gasteiger partial charge in [-0.3, -0.25) is 4.79 Å². The molecule has 0 unspecified atom stereocenters. The Morgan fingerprint density at radius 3 is 2.68 bits per heavy atom. The minimum Gasteiger partial charge on any atom is -0.504 e. The number of nitrogens with zero attached hydrogens (tertiary/aromatic N) is 3. The summed E-state index contributed by atoms with van der Waals surface area (Å²) in [7, 11) is 0. The fourth-order valence-corrected chi connectivity index (χ4v) is 4.16. The molecular formula is C20H14ClN3O3S. The molecule has 0 saturated heterocycles. The second-order valence-corrected chi connectivity index (χ2v) is 7.70. The van der Waals surface area contributed by atoms with Crippen molar-refractivity contribution in [3.8, 4) is 22.6 Å². The van der Waals surface area contributed by atoms with Crippen LogP contribution in [0.4, 0.5) is 0 Å². The van der Waals surface area contributed by atoms with Gasteiger partial charge in [0.25, 0.3) is 5.56 Å². The summed E-state index contributed by atoms with van der Waals surface area (Å²) in [6.45, 7) is 1.96. The van der Waals surface area contributed by atoms with Gasteiger partial charge in [-0.1, -0.05) is 41.9 Å². The Morgan fingerprint density at radius 2 is 1.96 bits per heavy atom. The zero-order valence-electron chi connectivity index (χ0n) is 14.6. The molecule has 4 rings (SSSR count). The lowest BCUT2D eigenvalue weighted by atomic mass is 10.0. The van der Waals surface area contributed by atoms with E-state index in [1.807, 2.05) is 37.3 Å². The molecule has 0 aliphatic carbocycles. The van der Waals surface area contributed by atoms with Crippen LogP contribution in [0.3, 0.4) is 0 Å². The van der Waals surface area contributed by atoms with Gasteiger partial charge in [0, 0.05) is 10.4 Å². The molecule has 28 heavy (non-hydrogen) atoms. The molecule has 140 valence electrons. The van der Waals surface area contributed by atoms with Crippen molar-refractivity contribution in [3.63, 3.8) is 0 Å². The number of hydrogen-bond acceptors (Lipinski definition) is 6. The summed E-state index contributed by atoms with van der Waals surface area (Å²) in [5.74, 6) is -0.769. The fraction of sp³-hybridized carbons (Fsp3) is 0.0500. The largest absolute Gasteiger partial charge is 0.504 e. The quantitative estimate of drug-likeness (QED) is 0.387. The van der Waals surface area contributed by atoms with E-state index < -0.39 is 5.75 Å². The summed E-state index contributed by atoms with van der Waals surface area (Å²) < 4.78 is 1.14. The first-order chi connectivity index (χ1) is 13.5. The number of thiophene rings is 1. The van der Waals surface area contributed by atoms with Gasteiger partial charge in [-0.2, -0.15) is 9.78 Å². The van der Waals surface area contributed by atoms with Gasteiger partial charge in [0.1, 0.15) is 11.2 Å². The van der Waals surface area contributed by atoms with Gasteiger partial charge in [-0.05, 0) is 30.2 Å². The lowest BCUT2D eigenvalue weighted by molar-refractivity contribution is 0.404. The van der Waals surface area contributed by atoms with Crippen LogP contribution in [0.5, 0.6) is 11.5 Å². The van der Waals surface area contributed by atoms with Crippen molar-refractivity contribution < 1.29 is 10.2 Å². The average molecular weight is 412 g/mol. The third kappa shape index (κ3) is 3.15. The van der Waals surface area contributed by atoms with Crippen LogP contribution in [0.15, 0.2) is 58.7 Å². The van der Waals surface area contributed by atoms with Crippen molar-refractivity contribution in [2.75, 3.05) is 0 Å². The van der Waals surface area contributed by atoms with Gasteiger partial charge in [-0.15, -0.1) is 11.3 Å². The minimum atomic E-state index is -0.402. The summed E-state index contributed by atoms with van der Waals surface area (Å²) in [6, 6.07) is 12.4. The van der Waals surface area contributed by atoms with Crippen LogP contribution in [0.25, 0.3) is 21.3 Å². The molecule has 2 heterocycles. The van der Waals surface area contributed by atoms with Gasteiger partial charge >= 0.3 is 0 Å². The molecule has 0 spiro atoms. The highest BCUT2D eigenvalue weighted by Crippen LogP contribution is 2.35. The highest BCUT2D eigenvalue weighted by atomic mass is 35.5. The van der Waals surface area contributed by atoms with E-state index in [1.165, 1.54) is 36.0 Å². The van der Waals surface area contributed by atoms with Crippen molar-refractivity contribution >= 4 is 39.4 Å². The minimum absolute atomic E-state index is 0.0119. The first kappa shape index (κ1) is 18.2. The molecule has 0 fully saturated rings. The number of aromatic hydroxyl groups is 2. The number of aryl methyl sites for hydroxylation is 1. The summed E-state index contributed by atoms with van der Waals surface area (Å²) in [5, 5.41) is 23.8. The molecule has 2 N–H and O–H groups in total. The van der Waals surface area contributed by atoms with Crippen LogP contribution >= 0.6 is 22.9 Å². The number of fused-ring (bicyclic) bond motifs is 1. The normalized spacial score (nSPS) is 11.5. The Hall–Kier alpha value is -3.16. The molecule has 2 aromatic carbocycles. The van der Waals surface area contributed by atoms with Crippen molar-refractivity contribution in [1.82, 2.24) is 9.66 Å². The zero-order valence-corrected chi connectivity index (χ0v) is 16.2. The highest BCUT2D eigenvalue weighted by Gasteiger charge is 2.16. The van der Waals surface area contributed by atoms with E-state index in [0.29, 0.717) is 15.8 Å². The van der Waals surface area contributed by atoms with E-state index in [9.17, 15) is 15.0 Å². The monoisotopic (exact) mass is 411 g/mol. The lowest BCUT2D eigenvalue weighted by Gasteiger charge is -2.03. The molecule has 0 saturated carbocycles. The van der Waals surface area contributed by atoms with Gasteiger partial charge in [-0.25, -0.2) is 4.98 Å². The van der Waals surface area contributed by atoms with E-state index in [0.717, 1.165) is 20.7 Å². The van der Waals surface area contributed by atoms with Gasteiger partial charge < -0.3 is 10.2 Å². The predicted molar refractivity (Wildman–Crippen MR) is 112 cm³/mol. The van der Waals surface area contributed by atoms with E-state index in [2.05, 4.69) is 10.1 Å².